The van der Waals surface area contributed by atoms with Crippen LogP contribution in [0.3, 0.4) is 0 Å². The van der Waals surface area contributed by atoms with Crippen molar-refractivity contribution >= 4 is 17.3 Å². The molecule has 1 atom stereocenters. The van der Waals surface area contributed by atoms with E-state index in [9.17, 15) is 14.9 Å². The molecule has 1 amide bonds. The van der Waals surface area contributed by atoms with Gasteiger partial charge in [0, 0.05) is 44.9 Å². The molecule has 2 aliphatic heterocycles. The van der Waals surface area contributed by atoms with Gasteiger partial charge >= 0.3 is 0 Å². The van der Waals surface area contributed by atoms with E-state index in [1.807, 2.05) is 18.2 Å². The maximum atomic E-state index is 13.3. The summed E-state index contributed by atoms with van der Waals surface area (Å²) in [5.41, 5.74) is 2.21. The van der Waals surface area contributed by atoms with E-state index >= 15 is 0 Å². The number of carbonyl (C=O) groups is 1. The molecule has 0 aromatic heterocycles. The van der Waals surface area contributed by atoms with Crippen molar-refractivity contribution in [1.82, 2.24) is 10.2 Å². The van der Waals surface area contributed by atoms with Crippen molar-refractivity contribution in [3.05, 3.63) is 69.8 Å². The Balaban J connectivity index is 1.56. The Hall–Kier alpha value is -2.97. The number of morpholine rings is 1. The number of hydrogen-bond acceptors (Lipinski definition) is 6. The highest BCUT2D eigenvalue weighted by Crippen LogP contribution is 2.28. The molecule has 0 saturated carbocycles. The van der Waals surface area contributed by atoms with Crippen molar-refractivity contribution in [2.45, 2.75) is 25.3 Å². The number of benzene rings is 2. The number of nitrogens with one attached hydrogen (secondary N) is 1. The number of piperidine rings is 1. The number of nitro benzene ring substituents is 1. The monoisotopic (exact) mass is 438 g/mol. The average molecular weight is 439 g/mol. The molecule has 1 unspecified atom stereocenters. The molecule has 0 spiro atoms. The van der Waals surface area contributed by atoms with Gasteiger partial charge in [-0.15, -0.1) is 0 Å². The van der Waals surface area contributed by atoms with E-state index in [-0.39, 0.29) is 17.6 Å². The van der Waals surface area contributed by atoms with Crippen LogP contribution >= 0.6 is 0 Å². The van der Waals surface area contributed by atoms with E-state index in [1.54, 1.807) is 6.07 Å². The molecule has 4 rings (SSSR count). The lowest BCUT2D eigenvalue weighted by atomic mass is 10.0. The zero-order chi connectivity index (χ0) is 22.3. The molecule has 1 N–H and O–H groups in total. The minimum Gasteiger partial charge on any atom is -0.379 e. The van der Waals surface area contributed by atoms with Crippen LogP contribution < -0.4 is 10.2 Å². The van der Waals surface area contributed by atoms with Crippen LogP contribution in [0, 0.1) is 10.1 Å². The molecular formula is C24H30N4O4. The maximum Gasteiger partial charge on any atom is 0.270 e. The molecule has 0 aliphatic carbocycles. The van der Waals surface area contributed by atoms with Crippen molar-refractivity contribution in [3.63, 3.8) is 0 Å². The predicted molar refractivity (Wildman–Crippen MR) is 123 cm³/mol. The fraction of sp³-hybridized carbons (Fsp3) is 0.458. The number of non-ortho nitro benzene ring substituents is 1. The van der Waals surface area contributed by atoms with Gasteiger partial charge < -0.3 is 15.0 Å². The van der Waals surface area contributed by atoms with Crippen molar-refractivity contribution in [3.8, 4) is 0 Å². The second-order valence-corrected chi connectivity index (χ2v) is 8.29. The molecule has 2 heterocycles. The Labute approximate surface area is 188 Å². The van der Waals surface area contributed by atoms with Gasteiger partial charge in [-0.1, -0.05) is 30.3 Å². The zero-order valence-corrected chi connectivity index (χ0v) is 18.2. The second kappa shape index (κ2) is 10.6. The first-order valence-electron chi connectivity index (χ1n) is 11.3. The normalized spacial score (nSPS) is 18.2. The Morgan fingerprint density at radius 3 is 2.44 bits per heavy atom. The molecule has 0 radical (unpaired) electrons. The fourth-order valence-electron chi connectivity index (χ4n) is 4.54. The minimum absolute atomic E-state index is 0.0150. The molecule has 8 heteroatoms. The molecule has 2 fully saturated rings. The number of anilines is 1. The van der Waals surface area contributed by atoms with E-state index in [4.69, 9.17) is 4.74 Å². The molecular weight excluding hydrogens is 408 g/mol. The number of nitrogens with zero attached hydrogens (tertiary/aromatic N) is 3. The van der Waals surface area contributed by atoms with Gasteiger partial charge in [-0.05, 0) is 30.9 Å². The lowest BCUT2D eigenvalue weighted by molar-refractivity contribution is -0.384. The number of rotatable bonds is 7. The molecule has 32 heavy (non-hydrogen) atoms. The van der Waals surface area contributed by atoms with Crippen LogP contribution in [0.5, 0.6) is 0 Å². The average Bonchev–Trinajstić information content (AvgIpc) is 2.85. The summed E-state index contributed by atoms with van der Waals surface area (Å²) in [4.78, 5) is 28.7. The van der Waals surface area contributed by atoms with Gasteiger partial charge in [-0.3, -0.25) is 19.8 Å². The molecule has 0 bridgehead atoms. The molecule has 170 valence electrons. The van der Waals surface area contributed by atoms with Gasteiger partial charge in [0.25, 0.3) is 11.6 Å². The first-order chi connectivity index (χ1) is 15.6. The summed E-state index contributed by atoms with van der Waals surface area (Å²) in [5.74, 6) is -0.275. The number of carbonyl (C=O) groups excluding carboxylic acids is 1. The Kier molecular flexibility index (Phi) is 7.34. The van der Waals surface area contributed by atoms with Crippen LogP contribution in [0.2, 0.25) is 0 Å². The van der Waals surface area contributed by atoms with Crippen LogP contribution in [0.4, 0.5) is 11.4 Å². The quantitative estimate of drug-likeness (QED) is 0.527. The largest absolute Gasteiger partial charge is 0.379 e. The van der Waals surface area contributed by atoms with E-state index in [0.29, 0.717) is 25.3 Å². The Morgan fingerprint density at radius 1 is 1.03 bits per heavy atom. The SMILES string of the molecule is O=C(NCC(c1ccccc1)N1CCOCC1)c1cc([N+](=O)[O-])ccc1N1CCCCC1. The molecule has 8 nitrogen and oxygen atoms in total. The van der Waals surface area contributed by atoms with Crippen molar-refractivity contribution in [2.75, 3.05) is 50.8 Å². The maximum absolute atomic E-state index is 13.3. The number of ether oxygens (including phenoxy) is 1. The highest BCUT2D eigenvalue weighted by molar-refractivity contribution is 6.00. The molecule has 2 aliphatic rings. The van der Waals surface area contributed by atoms with Crippen molar-refractivity contribution in [2.24, 2.45) is 0 Å². The first kappa shape index (κ1) is 22.2. The zero-order valence-electron chi connectivity index (χ0n) is 18.2. The number of hydrogen-bond donors (Lipinski definition) is 1. The summed E-state index contributed by atoms with van der Waals surface area (Å²) < 4.78 is 5.50. The van der Waals surface area contributed by atoms with Gasteiger partial charge in [0.15, 0.2) is 0 Å². The number of amides is 1. The summed E-state index contributed by atoms with van der Waals surface area (Å²) in [6.45, 7) is 5.07. The topological polar surface area (TPSA) is 88.0 Å². The van der Waals surface area contributed by atoms with Crippen LogP contribution in [-0.4, -0.2) is 61.7 Å². The van der Waals surface area contributed by atoms with Crippen LogP contribution in [0.25, 0.3) is 0 Å². The van der Waals surface area contributed by atoms with Crippen LogP contribution in [0.1, 0.15) is 41.2 Å². The van der Waals surface area contributed by atoms with E-state index in [0.717, 1.165) is 50.3 Å². The Morgan fingerprint density at radius 2 is 1.75 bits per heavy atom. The van der Waals surface area contributed by atoms with E-state index < -0.39 is 4.92 Å². The fourth-order valence-corrected chi connectivity index (χ4v) is 4.54. The van der Waals surface area contributed by atoms with Crippen LogP contribution in [-0.2, 0) is 4.74 Å². The second-order valence-electron chi connectivity index (χ2n) is 8.29. The third-order valence-corrected chi connectivity index (χ3v) is 6.26. The van der Waals surface area contributed by atoms with Gasteiger partial charge in [0.05, 0.1) is 35.4 Å². The third-order valence-electron chi connectivity index (χ3n) is 6.26. The van der Waals surface area contributed by atoms with Gasteiger partial charge in [-0.2, -0.15) is 0 Å². The van der Waals surface area contributed by atoms with E-state index in [1.165, 1.54) is 18.6 Å². The van der Waals surface area contributed by atoms with Crippen LogP contribution in [0.15, 0.2) is 48.5 Å². The van der Waals surface area contributed by atoms with E-state index in [2.05, 4.69) is 27.2 Å². The third kappa shape index (κ3) is 5.26. The lowest BCUT2D eigenvalue weighted by Crippen LogP contribution is -2.44. The first-order valence-corrected chi connectivity index (χ1v) is 11.3. The highest BCUT2D eigenvalue weighted by atomic mass is 16.6. The summed E-state index contributed by atoms with van der Waals surface area (Å²) in [6.07, 6.45) is 3.29. The van der Waals surface area contributed by atoms with Crippen molar-refractivity contribution in [1.29, 1.82) is 0 Å². The summed E-state index contributed by atoms with van der Waals surface area (Å²) in [5, 5.41) is 14.4. The smallest absolute Gasteiger partial charge is 0.270 e. The minimum atomic E-state index is -0.447. The van der Waals surface area contributed by atoms with Gasteiger partial charge in [0.2, 0.25) is 0 Å². The Bertz CT molecular complexity index is 925. The summed E-state index contributed by atoms with van der Waals surface area (Å²) >= 11 is 0. The van der Waals surface area contributed by atoms with Gasteiger partial charge in [-0.25, -0.2) is 0 Å². The highest BCUT2D eigenvalue weighted by Gasteiger charge is 2.26. The lowest BCUT2D eigenvalue weighted by Gasteiger charge is -2.35. The molecule has 2 saturated heterocycles. The summed E-state index contributed by atoms with van der Waals surface area (Å²) in [7, 11) is 0. The summed E-state index contributed by atoms with van der Waals surface area (Å²) in [6, 6.07) is 14.7. The predicted octanol–water partition coefficient (Wildman–Crippen LogP) is 3.39. The van der Waals surface area contributed by atoms with Crippen molar-refractivity contribution < 1.29 is 14.5 Å². The molecule has 2 aromatic carbocycles. The standard InChI is InChI=1S/C24H30N4O4/c29-24(21-17-20(28(30)31)9-10-22(21)26-11-5-2-6-12-26)25-18-23(19-7-3-1-4-8-19)27-13-15-32-16-14-27/h1,3-4,7-10,17,23H,2,5-6,11-16,18H2,(H,25,29). The molecule has 2 aromatic rings. The van der Waals surface area contributed by atoms with Gasteiger partial charge in [0.1, 0.15) is 0 Å². The number of nitro groups is 1.